The Bertz CT molecular complexity index is 767. The van der Waals surface area contributed by atoms with Crippen molar-refractivity contribution in [3.63, 3.8) is 0 Å². The maximum Gasteiger partial charge on any atom is 0.290 e. The zero-order valence-electron chi connectivity index (χ0n) is 13.5. The summed E-state index contributed by atoms with van der Waals surface area (Å²) in [6, 6.07) is 1.48. The maximum absolute atomic E-state index is 12.3. The van der Waals surface area contributed by atoms with Crippen LogP contribution in [-0.2, 0) is 9.59 Å². The monoisotopic (exact) mass is 346 g/mol. The van der Waals surface area contributed by atoms with Crippen molar-refractivity contribution in [2.45, 2.75) is 18.4 Å². The number of hydrogen-bond donors (Lipinski definition) is 4. The fourth-order valence-electron chi connectivity index (χ4n) is 2.76. The van der Waals surface area contributed by atoms with Crippen molar-refractivity contribution in [2.24, 2.45) is 5.92 Å². The van der Waals surface area contributed by atoms with Crippen LogP contribution in [0.2, 0.25) is 0 Å². The first kappa shape index (κ1) is 16.7. The van der Waals surface area contributed by atoms with Gasteiger partial charge >= 0.3 is 0 Å². The molecule has 2 heterocycles. The molecule has 25 heavy (non-hydrogen) atoms. The summed E-state index contributed by atoms with van der Waals surface area (Å²) in [6.45, 7) is -0.0450. The molecule has 1 aliphatic rings. The predicted octanol–water partition coefficient (Wildman–Crippen LogP) is -0.565. The average molecular weight is 346 g/mol. The highest BCUT2D eigenvalue weighted by molar-refractivity contribution is 5.94. The van der Waals surface area contributed by atoms with Crippen molar-refractivity contribution < 1.29 is 18.9 Å². The summed E-state index contributed by atoms with van der Waals surface area (Å²) < 4.78 is 5.04. The predicted molar refractivity (Wildman–Crippen MR) is 85.1 cm³/mol. The Morgan fingerprint density at radius 1 is 1.48 bits per heavy atom. The van der Waals surface area contributed by atoms with Crippen LogP contribution < -0.4 is 16.0 Å². The van der Waals surface area contributed by atoms with Crippen molar-refractivity contribution in [2.75, 3.05) is 13.6 Å². The number of amides is 3. The quantitative estimate of drug-likeness (QED) is 0.472. The van der Waals surface area contributed by atoms with Gasteiger partial charge in [-0.25, -0.2) is 0 Å². The molecule has 1 fully saturated rings. The molecule has 1 saturated carbocycles. The Hall–Kier alpha value is -3.17. The molecule has 10 nitrogen and oxygen atoms in total. The number of rotatable bonds is 8. The topological polar surface area (TPSA) is 142 Å². The van der Waals surface area contributed by atoms with E-state index in [1.807, 2.05) is 0 Å². The molecular formula is C15H18N6O4. The maximum atomic E-state index is 12.3. The summed E-state index contributed by atoms with van der Waals surface area (Å²) in [5.74, 6) is -0.888. The summed E-state index contributed by atoms with van der Waals surface area (Å²) >= 11 is 0. The van der Waals surface area contributed by atoms with E-state index in [-0.39, 0.29) is 24.1 Å². The van der Waals surface area contributed by atoms with Gasteiger partial charge in [-0.15, -0.1) is 0 Å². The molecule has 2 aromatic heterocycles. The lowest BCUT2D eigenvalue weighted by Gasteiger charge is -2.31. The minimum absolute atomic E-state index is 0.00362. The van der Waals surface area contributed by atoms with Crippen molar-refractivity contribution in [1.29, 1.82) is 0 Å². The largest absolute Gasteiger partial charge is 0.357 e. The molecule has 3 rings (SSSR count). The molecule has 4 N–H and O–H groups in total. The second-order valence-electron chi connectivity index (χ2n) is 5.83. The first-order valence-electron chi connectivity index (χ1n) is 7.78. The summed E-state index contributed by atoms with van der Waals surface area (Å²) in [5.41, 5.74) is -0.0210. The number of aromatic nitrogens is 3. The van der Waals surface area contributed by atoms with Crippen LogP contribution in [0, 0.1) is 5.92 Å². The number of likely N-dealkylation sites (N-methyl/N-ethyl adjacent to an activating group) is 1. The highest BCUT2D eigenvalue weighted by Gasteiger charge is 2.50. The van der Waals surface area contributed by atoms with Crippen LogP contribution in [0.25, 0.3) is 11.3 Å². The number of hydrogen-bond acceptors (Lipinski definition) is 6. The van der Waals surface area contributed by atoms with Gasteiger partial charge in [0.1, 0.15) is 11.2 Å². The molecule has 132 valence electrons. The Balaban J connectivity index is 1.71. The Morgan fingerprint density at radius 2 is 2.28 bits per heavy atom. The van der Waals surface area contributed by atoms with Crippen LogP contribution in [0.4, 0.5) is 0 Å². The fraction of sp³-hybridized carbons (Fsp3) is 0.400. The zero-order chi connectivity index (χ0) is 17.9. The Morgan fingerprint density at radius 3 is 2.88 bits per heavy atom. The first-order chi connectivity index (χ1) is 12.1. The minimum atomic E-state index is -1.17. The van der Waals surface area contributed by atoms with E-state index in [9.17, 15) is 14.4 Å². The molecule has 1 aliphatic carbocycles. The van der Waals surface area contributed by atoms with Gasteiger partial charge in [-0.2, -0.15) is 5.10 Å². The van der Waals surface area contributed by atoms with E-state index < -0.39 is 11.4 Å². The second kappa shape index (κ2) is 6.75. The minimum Gasteiger partial charge on any atom is -0.357 e. The highest BCUT2D eigenvalue weighted by atomic mass is 16.5. The smallest absolute Gasteiger partial charge is 0.290 e. The van der Waals surface area contributed by atoms with E-state index in [1.54, 1.807) is 12.4 Å². The fourth-order valence-corrected chi connectivity index (χ4v) is 2.76. The van der Waals surface area contributed by atoms with Crippen LogP contribution in [0.15, 0.2) is 23.0 Å². The third kappa shape index (κ3) is 3.23. The molecular weight excluding hydrogens is 328 g/mol. The molecule has 0 bridgehead atoms. The van der Waals surface area contributed by atoms with E-state index in [2.05, 4.69) is 31.3 Å². The molecule has 0 radical (unpaired) electrons. The summed E-state index contributed by atoms with van der Waals surface area (Å²) in [7, 11) is 1.49. The average Bonchev–Trinajstić information content (AvgIpc) is 3.13. The van der Waals surface area contributed by atoms with Gasteiger partial charge in [0.25, 0.3) is 5.91 Å². The Kier molecular flexibility index (Phi) is 4.50. The van der Waals surface area contributed by atoms with E-state index in [1.165, 1.54) is 13.1 Å². The molecule has 10 heteroatoms. The molecule has 0 aromatic carbocycles. The number of carbonyl (C=O) groups excluding carboxylic acids is 3. The van der Waals surface area contributed by atoms with Crippen LogP contribution in [0.1, 0.15) is 23.4 Å². The summed E-state index contributed by atoms with van der Waals surface area (Å²) in [6.07, 6.45) is 5.26. The van der Waals surface area contributed by atoms with Crippen LogP contribution >= 0.6 is 0 Å². The van der Waals surface area contributed by atoms with Crippen LogP contribution in [0.5, 0.6) is 0 Å². The van der Waals surface area contributed by atoms with Crippen molar-refractivity contribution in [3.8, 4) is 11.3 Å². The van der Waals surface area contributed by atoms with E-state index in [0.29, 0.717) is 17.7 Å². The number of aromatic amines is 1. The summed E-state index contributed by atoms with van der Waals surface area (Å²) in [4.78, 5) is 35.6. The normalized spacial score (nSPS) is 15.9. The van der Waals surface area contributed by atoms with Crippen molar-refractivity contribution >= 4 is 18.2 Å². The van der Waals surface area contributed by atoms with Crippen LogP contribution in [-0.4, -0.2) is 52.7 Å². The van der Waals surface area contributed by atoms with Gasteiger partial charge in [-0.1, -0.05) is 5.16 Å². The molecule has 0 aliphatic heterocycles. The zero-order valence-corrected chi connectivity index (χ0v) is 13.5. The van der Waals surface area contributed by atoms with Gasteiger partial charge in [0.2, 0.25) is 18.1 Å². The third-order valence-electron chi connectivity index (χ3n) is 4.28. The van der Waals surface area contributed by atoms with Crippen LogP contribution in [0.3, 0.4) is 0 Å². The number of carbonyl (C=O) groups is 3. The highest BCUT2D eigenvalue weighted by Crippen LogP contribution is 2.39. The molecule has 1 atom stereocenters. The number of H-pyrrole nitrogens is 1. The second-order valence-corrected chi connectivity index (χ2v) is 5.83. The molecule has 2 aromatic rings. The van der Waals surface area contributed by atoms with Gasteiger partial charge in [-0.3, -0.25) is 19.5 Å². The van der Waals surface area contributed by atoms with Crippen molar-refractivity contribution in [1.82, 2.24) is 31.3 Å². The van der Waals surface area contributed by atoms with E-state index >= 15 is 0 Å². The van der Waals surface area contributed by atoms with E-state index in [4.69, 9.17) is 4.52 Å². The van der Waals surface area contributed by atoms with Gasteiger partial charge < -0.3 is 20.5 Å². The number of nitrogens with zero attached hydrogens (tertiary/aromatic N) is 2. The van der Waals surface area contributed by atoms with Gasteiger partial charge in [0.05, 0.1) is 12.7 Å². The van der Waals surface area contributed by atoms with Gasteiger partial charge in [0.15, 0.2) is 0 Å². The third-order valence-corrected chi connectivity index (χ3v) is 4.28. The molecule has 3 amide bonds. The molecule has 1 unspecified atom stereocenters. The van der Waals surface area contributed by atoms with Crippen molar-refractivity contribution in [3.05, 3.63) is 24.2 Å². The molecule has 0 saturated heterocycles. The number of nitrogens with one attached hydrogen (secondary N) is 4. The SMILES string of the molecule is CNC(=O)C(CNC(=O)c1cc(-c2cn[nH]c2)no1)(NC=O)C1CC1. The molecule has 0 spiro atoms. The summed E-state index contributed by atoms with van der Waals surface area (Å²) in [5, 5.41) is 18.0. The van der Waals surface area contributed by atoms with Gasteiger partial charge in [0, 0.05) is 24.9 Å². The van der Waals surface area contributed by atoms with E-state index in [0.717, 1.165) is 12.8 Å². The Labute approximate surface area is 142 Å². The van der Waals surface area contributed by atoms with Gasteiger partial charge in [-0.05, 0) is 18.8 Å². The first-order valence-corrected chi connectivity index (χ1v) is 7.78. The lowest BCUT2D eigenvalue weighted by Crippen LogP contribution is -2.63. The standard InChI is InChI=1S/C15H18N6O4/c1-16-14(24)15(18-8-22,10-2-3-10)7-17-13(23)12-4-11(21-25-12)9-5-19-20-6-9/h4-6,8,10H,2-3,7H2,1H3,(H,16,24)(H,17,23)(H,18,22)(H,19,20). The lowest BCUT2D eigenvalue weighted by molar-refractivity contribution is -0.130. The lowest BCUT2D eigenvalue weighted by atomic mass is 9.91.